The van der Waals surface area contributed by atoms with E-state index in [1.807, 2.05) is 39.0 Å². The quantitative estimate of drug-likeness (QED) is 0.275. The Hall–Kier alpha value is -2.65. The van der Waals surface area contributed by atoms with E-state index in [1.54, 1.807) is 13.8 Å². The fourth-order valence-corrected chi connectivity index (χ4v) is 5.37. The van der Waals surface area contributed by atoms with Crippen LogP contribution in [0.2, 0.25) is 0 Å². The first-order valence-electron chi connectivity index (χ1n) is 14.1. The third-order valence-corrected chi connectivity index (χ3v) is 8.02. The minimum atomic E-state index is -1.07. The fraction of sp³-hybridized carbons (Fsp3) is 0.700. The second-order valence-corrected chi connectivity index (χ2v) is 12.0. The van der Waals surface area contributed by atoms with Gasteiger partial charge in [0.2, 0.25) is 0 Å². The average Bonchev–Trinajstić information content (AvgIpc) is 3.14. The van der Waals surface area contributed by atoms with Crippen LogP contribution in [0.15, 0.2) is 18.2 Å². The molecule has 3 heterocycles. The molecular weight excluding hydrogens is 504 g/mol. The summed E-state index contributed by atoms with van der Waals surface area (Å²) in [7, 11) is 0. The van der Waals surface area contributed by atoms with Gasteiger partial charge < -0.3 is 28.4 Å². The van der Waals surface area contributed by atoms with Crippen molar-refractivity contribution in [2.45, 2.75) is 111 Å². The van der Waals surface area contributed by atoms with Gasteiger partial charge in [-0.05, 0) is 78.4 Å². The molecule has 3 saturated heterocycles. The number of rotatable bonds is 10. The smallest absolute Gasteiger partial charge is 0.320 e. The van der Waals surface area contributed by atoms with E-state index in [4.69, 9.17) is 28.4 Å². The standard InChI is InChI=1S/C30H42O9/c1-6-29(4,19-30(5)18-23(31)38-26(30)32)27(33)39-28(2,3)20-15-21(36-24-11-7-9-13-34-24)17-22(16-20)37-25-12-8-10-14-35-25/h15-17,24-25H,6-14,18-19H2,1-5H3. The number of carbonyl (C=O) groups is 3. The maximum atomic E-state index is 13.6. The molecule has 0 amide bonds. The molecule has 1 aromatic carbocycles. The molecule has 0 aromatic heterocycles. The van der Waals surface area contributed by atoms with Gasteiger partial charge in [0, 0.05) is 24.5 Å². The Morgan fingerprint density at radius 1 is 0.949 bits per heavy atom. The van der Waals surface area contributed by atoms with E-state index in [0.717, 1.165) is 38.5 Å². The molecule has 0 N–H and O–H groups in total. The lowest BCUT2D eigenvalue weighted by Gasteiger charge is -2.36. The molecule has 39 heavy (non-hydrogen) atoms. The first kappa shape index (κ1) is 29.3. The molecule has 0 aliphatic carbocycles. The maximum absolute atomic E-state index is 13.6. The van der Waals surface area contributed by atoms with E-state index in [-0.39, 0.29) is 25.4 Å². The Labute approximate surface area is 230 Å². The first-order chi connectivity index (χ1) is 18.4. The van der Waals surface area contributed by atoms with Gasteiger partial charge in [0.1, 0.15) is 17.1 Å². The minimum absolute atomic E-state index is 0.0509. The number of hydrogen-bond acceptors (Lipinski definition) is 9. The number of hydrogen-bond donors (Lipinski definition) is 0. The highest BCUT2D eigenvalue weighted by atomic mass is 16.7. The summed E-state index contributed by atoms with van der Waals surface area (Å²) in [6.07, 6.45) is 5.49. The van der Waals surface area contributed by atoms with Crippen LogP contribution in [-0.2, 0) is 38.9 Å². The highest BCUT2D eigenvalue weighted by Gasteiger charge is 2.52. The van der Waals surface area contributed by atoms with Crippen molar-refractivity contribution in [3.8, 4) is 11.5 Å². The van der Waals surface area contributed by atoms with Gasteiger partial charge in [0.25, 0.3) is 0 Å². The van der Waals surface area contributed by atoms with Crippen LogP contribution in [0, 0.1) is 10.8 Å². The van der Waals surface area contributed by atoms with Crippen LogP contribution < -0.4 is 9.47 Å². The Morgan fingerprint density at radius 3 is 1.95 bits per heavy atom. The Morgan fingerprint density at radius 2 is 1.51 bits per heavy atom. The van der Waals surface area contributed by atoms with Crippen molar-refractivity contribution in [1.82, 2.24) is 0 Å². The predicted octanol–water partition coefficient (Wildman–Crippen LogP) is 5.56. The highest BCUT2D eigenvalue weighted by molar-refractivity contribution is 5.97. The molecule has 0 bridgehead atoms. The number of cyclic esters (lactones) is 2. The number of ether oxygens (including phenoxy) is 6. The zero-order valence-electron chi connectivity index (χ0n) is 23.8. The molecule has 9 heteroatoms. The summed E-state index contributed by atoms with van der Waals surface area (Å²) in [5.74, 6) is -0.494. The van der Waals surface area contributed by atoms with Crippen molar-refractivity contribution in [1.29, 1.82) is 0 Å². The van der Waals surface area contributed by atoms with E-state index in [2.05, 4.69) is 0 Å². The third-order valence-electron chi connectivity index (χ3n) is 8.02. The van der Waals surface area contributed by atoms with Crippen LogP contribution in [0.3, 0.4) is 0 Å². The summed E-state index contributed by atoms with van der Waals surface area (Å²) < 4.78 is 34.8. The van der Waals surface area contributed by atoms with Crippen molar-refractivity contribution in [2.75, 3.05) is 13.2 Å². The summed E-state index contributed by atoms with van der Waals surface area (Å²) in [6.45, 7) is 10.2. The van der Waals surface area contributed by atoms with Crippen LogP contribution in [0.25, 0.3) is 0 Å². The van der Waals surface area contributed by atoms with E-state index < -0.39 is 34.3 Å². The molecule has 3 aliphatic rings. The number of esters is 3. The molecule has 216 valence electrons. The monoisotopic (exact) mass is 546 g/mol. The van der Waals surface area contributed by atoms with Gasteiger partial charge in [-0.25, -0.2) is 0 Å². The maximum Gasteiger partial charge on any atom is 0.320 e. The lowest BCUT2D eigenvalue weighted by Crippen LogP contribution is -2.40. The lowest BCUT2D eigenvalue weighted by atomic mass is 9.70. The molecular formula is C30H42O9. The second-order valence-electron chi connectivity index (χ2n) is 12.0. The zero-order chi connectivity index (χ0) is 28.3. The molecule has 3 aliphatic heterocycles. The molecule has 3 fully saturated rings. The van der Waals surface area contributed by atoms with Gasteiger partial charge in [-0.1, -0.05) is 6.92 Å². The predicted molar refractivity (Wildman–Crippen MR) is 141 cm³/mol. The Balaban J connectivity index is 1.56. The molecule has 0 radical (unpaired) electrons. The molecule has 4 atom stereocenters. The topological polar surface area (TPSA) is 107 Å². The van der Waals surface area contributed by atoms with E-state index in [1.165, 1.54) is 0 Å². The van der Waals surface area contributed by atoms with Crippen LogP contribution in [0.1, 0.15) is 98.0 Å². The van der Waals surface area contributed by atoms with Gasteiger partial charge in [-0.2, -0.15) is 0 Å². The lowest BCUT2D eigenvalue weighted by molar-refractivity contribution is -0.172. The van der Waals surface area contributed by atoms with Gasteiger partial charge in [-0.15, -0.1) is 0 Å². The second kappa shape index (κ2) is 11.8. The van der Waals surface area contributed by atoms with Crippen LogP contribution >= 0.6 is 0 Å². The SMILES string of the molecule is CCC(C)(CC1(C)CC(=O)OC1=O)C(=O)OC(C)(C)c1cc(OC2CCCCO2)cc(OC2CCCCO2)c1. The van der Waals surface area contributed by atoms with Crippen LogP contribution in [-0.4, -0.2) is 43.7 Å². The van der Waals surface area contributed by atoms with Crippen LogP contribution in [0.4, 0.5) is 0 Å². The Bertz CT molecular complexity index is 1020. The van der Waals surface area contributed by atoms with Crippen molar-refractivity contribution >= 4 is 17.9 Å². The molecule has 4 rings (SSSR count). The van der Waals surface area contributed by atoms with Crippen molar-refractivity contribution < 1.29 is 42.8 Å². The summed E-state index contributed by atoms with van der Waals surface area (Å²) in [5, 5.41) is 0. The Kier molecular flexibility index (Phi) is 8.91. The normalized spacial score (nSPS) is 27.4. The number of benzene rings is 1. The number of carbonyl (C=O) groups excluding carboxylic acids is 3. The average molecular weight is 547 g/mol. The fourth-order valence-electron chi connectivity index (χ4n) is 5.37. The molecule has 0 spiro atoms. The zero-order valence-corrected chi connectivity index (χ0v) is 23.8. The summed E-state index contributed by atoms with van der Waals surface area (Å²) >= 11 is 0. The molecule has 0 saturated carbocycles. The molecule has 4 unspecified atom stereocenters. The van der Waals surface area contributed by atoms with Gasteiger partial charge >= 0.3 is 17.9 Å². The van der Waals surface area contributed by atoms with Crippen molar-refractivity contribution in [3.63, 3.8) is 0 Å². The van der Waals surface area contributed by atoms with E-state index in [9.17, 15) is 14.4 Å². The molecule has 1 aromatic rings. The van der Waals surface area contributed by atoms with Crippen LogP contribution in [0.5, 0.6) is 11.5 Å². The van der Waals surface area contributed by atoms with E-state index >= 15 is 0 Å². The van der Waals surface area contributed by atoms with E-state index in [0.29, 0.717) is 36.7 Å². The minimum Gasteiger partial charge on any atom is -0.465 e. The van der Waals surface area contributed by atoms with Gasteiger partial charge in [0.15, 0.2) is 12.6 Å². The third kappa shape index (κ3) is 7.11. The van der Waals surface area contributed by atoms with Gasteiger partial charge in [-0.3, -0.25) is 14.4 Å². The van der Waals surface area contributed by atoms with Crippen molar-refractivity contribution in [3.05, 3.63) is 23.8 Å². The summed E-state index contributed by atoms with van der Waals surface area (Å²) in [6, 6.07) is 5.51. The largest absolute Gasteiger partial charge is 0.465 e. The summed E-state index contributed by atoms with van der Waals surface area (Å²) in [4.78, 5) is 37.8. The molecule has 9 nitrogen and oxygen atoms in total. The highest BCUT2D eigenvalue weighted by Crippen LogP contribution is 2.45. The summed E-state index contributed by atoms with van der Waals surface area (Å²) in [5.41, 5.74) is -2.44. The van der Waals surface area contributed by atoms with Crippen molar-refractivity contribution in [2.24, 2.45) is 10.8 Å². The van der Waals surface area contributed by atoms with Gasteiger partial charge in [0.05, 0.1) is 30.5 Å². The first-order valence-corrected chi connectivity index (χ1v) is 14.1.